The normalized spacial score (nSPS) is 16.1. The van der Waals surface area contributed by atoms with Crippen molar-refractivity contribution in [2.24, 2.45) is 0 Å². The average molecular weight is 643 g/mol. The molecule has 2 heterocycles. The molecule has 41 heavy (non-hydrogen) atoms. The topological polar surface area (TPSA) is 49.7 Å². The number of halogens is 17. The highest BCUT2D eigenvalue weighted by atomic mass is 19.4. The Morgan fingerprint density at radius 3 is 1.46 bits per heavy atom. The van der Waals surface area contributed by atoms with Gasteiger partial charge in [0.1, 0.15) is 19.8 Å². The summed E-state index contributed by atoms with van der Waals surface area (Å²) in [6.07, 6.45) is -10.1. The number of esters is 1. The Morgan fingerprint density at radius 1 is 0.659 bits per heavy atom. The average Bonchev–Trinajstić information content (AvgIpc) is 3.24. The van der Waals surface area contributed by atoms with E-state index in [4.69, 9.17) is 9.47 Å². The molecule has 0 unspecified atom stereocenters. The van der Waals surface area contributed by atoms with E-state index in [2.05, 4.69) is 4.74 Å². The molecule has 1 aromatic heterocycles. The van der Waals surface area contributed by atoms with E-state index in [0.29, 0.717) is 0 Å². The van der Waals surface area contributed by atoms with Gasteiger partial charge in [-0.2, -0.15) is 74.6 Å². The third-order valence-electron chi connectivity index (χ3n) is 5.45. The summed E-state index contributed by atoms with van der Waals surface area (Å²) in [6, 6.07) is 0. The van der Waals surface area contributed by atoms with Crippen LogP contribution in [0.5, 0.6) is 11.5 Å². The monoisotopic (exact) mass is 643 g/mol. The molecule has 0 aromatic carbocycles. The number of aromatic nitrogens is 1. The lowest BCUT2D eigenvalue weighted by Gasteiger charge is -2.42. The van der Waals surface area contributed by atoms with Gasteiger partial charge < -0.3 is 18.8 Å². The molecule has 0 spiro atoms. The van der Waals surface area contributed by atoms with Crippen LogP contribution in [0.3, 0.4) is 0 Å². The molecule has 1 aliphatic heterocycles. The molecule has 5 nitrogen and oxygen atoms in total. The van der Waals surface area contributed by atoms with Crippen molar-refractivity contribution >= 4 is 5.97 Å². The van der Waals surface area contributed by atoms with Gasteiger partial charge in [0.05, 0.1) is 25.4 Å². The molecule has 0 bridgehead atoms. The molecular weight excluding hydrogens is 629 g/mol. The summed E-state index contributed by atoms with van der Waals surface area (Å²) in [5, 5.41) is 0. The number of rotatable bonds is 12. The van der Waals surface area contributed by atoms with Crippen molar-refractivity contribution in [2.45, 2.75) is 67.0 Å². The third-order valence-corrected chi connectivity index (χ3v) is 5.45. The van der Waals surface area contributed by atoms with Gasteiger partial charge in [-0.1, -0.05) is 0 Å². The molecular formula is C19H14F17NO4. The Balaban J connectivity index is 2.15. The standard InChI is InChI=1S/C19H14F17NO4/c20-12(21,2-1-11(38)41-4-3-37-7-9-10(8-37)40-6-5-39-9)13(22,23)14(24,25)15(26,27)16(28,29)17(30,31)18(32,33)19(34,35)36/h7-8H,1-6H2. The van der Waals surface area contributed by atoms with Gasteiger partial charge in [0.2, 0.25) is 0 Å². The maximum Gasteiger partial charge on any atom is 0.460 e. The number of hydrogen-bond acceptors (Lipinski definition) is 4. The largest absolute Gasteiger partial charge is 0.485 e. The Kier molecular flexibility index (Phi) is 8.77. The van der Waals surface area contributed by atoms with Crippen LogP contribution in [-0.4, -0.2) is 78.0 Å². The molecule has 1 aromatic rings. The number of nitrogens with zero attached hydrogens (tertiary/aromatic N) is 1. The SMILES string of the molecule is O=C(CCC(F)(F)C(F)(F)C(F)(F)C(F)(F)C(F)(F)C(F)(F)C(F)(F)C(F)(F)F)OCCn1cc2c(c1)OCCO2. The number of carbonyl (C=O) groups is 1. The zero-order valence-electron chi connectivity index (χ0n) is 19.4. The Bertz CT molecular complexity index is 1070. The summed E-state index contributed by atoms with van der Waals surface area (Å²) >= 11 is 0. The van der Waals surface area contributed by atoms with Gasteiger partial charge in [-0.25, -0.2) is 0 Å². The first-order valence-electron chi connectivity index (χ1n) is 10.5. The van der Waals surface area contributed by atoms with Crippen LogP contribution < -0.4 is 9.47 Å². The van der Waals surface area contributed by atoms with E-state index in [1.165, 1.54) is 17.0 Å². The van der Waals surface area contributed by atoms with Crippen LogP contribution in [0.15, 0.2) is 12.4 Å². The van der Waals surface area contributed by atoms with Crippen LogP contribution in [-0.2, 0) is 16.1 Å². The van der Waals surface area contributed by atoms with Gasteiger partial charge in [-0.05, 0) is 0 Å². The molecule has 0 radical (unpaired) electrons. The first-order chi connectivity index (χ1) is 18.2. The number of hydrogen-bond donors (Lipinski definition) is 0. The van der Waals surface area contributed by atoms with Crippen molar-refractivity contribution in [3.8, 4) is 11.5 Å². The quantitative estimate of drug-likeness (QED) is 0.191. The predicted molar refractivity (Wildman–Crippen MR) is 96.3 cm³/mol. The molecule has 22 heteroatoms. The number of alkyl halides is 17. The molecule has 238 valence electrons. The first kappa shape index (κ1) is 34.4. The number of carbonyl (C=O) groups excluding carboxylic acids is 1. The van der Waals surface area contributed by atoms with Gasteiger partial charge in [0.15, 0.2) is 11.5 Å². The summed E-state index contributed by atoms with van der Waals surface area (Å²) < 4.78 is 241. The lowest BCUT2D eigenvalue weighted by atomic mass is 9.88. The minimum atomic E-state index is -8.70. The van der Waals surface area contributed by atoms with E-state index >= 15 is 0 Å². The van der Waals surface area contributed by atoms with E-state index in [0.717, 1.165) is 0 Å². The smallest absolute Gasteiger partial charge is 0.460 e. The molecule has 1 aliphatic rings. The molecule has 0 amide bonds. The summed E-state index contributed by atoms with van der Waals surface area (Å²) in [6.45, 7) is -0.628. The lowest BCUT2D eigenvalue weighted by molar-refractivity contribution is -0.461. The van der Waals surface area contributed by atoms with Gasteiger partial charge in [-0.3, -0.25) is 4.79 Å². The highest BCUT2D eigenvalue weighted by Crippen LogP contribution is 2.64. The van der Waals surface area contributed by atoms with Crippen LogP contribution in [0.2, 0.25) is 0 Å². The minimum absolute atomic E-state index is 0.177. The molecule has 2 rings (SSSR count). The van der Waals surface area contributed by atoms with Crippen LogP contribution in [0, 0.1) is 0 Å². The number of fused-ring (bicyclic) bond motifs is 1. The van der Waals surface area contributed by atoms with Crippen LogP contribution in [0.25, 0.3) is 0 Å². The minimum Gasteiger partial charge on any atom is -0.485 e. The van der Waals surface area contributed by atoms with E-state index in [1.54, 1.807) is 0 Å². The summed E-state index contributed by atoms with van der Waals surface area (Å²) in [4.78, 5) is 11.5. The van der Waals surface area contributed by atoms with Crippen LogP contribution in [0.1, 0.15) is 12.8 Å². The first-order valence-corrected chi connectivity index (χ1v) is 10.5. The second-order valence-electron chi connectivity index (χ2n) is 8.29. The fourth-order valence-electron chi connectivity index (χ4n) is 3.06. The maximum absolute atomic E-state index is 13.9. The molecule has 0 saturated carbocycles. The molecule has 0 saturated heterocycles. The molecule has 0 atom stereocenters. The highest BCUT2D eigenvalue weighted by Gasteiger charge is 2.95. The van der Waals surface area contributed by atoms with E-state index in [-0.39, 0.29) is 31.3 Å². The Morgan fingerprint density at radius 2 is 1.05 bits per heavy atom. The van der Waals surface area contributed by atoms with Crippen molar-refractivity contribution in [1.82, 2.24) is 4.57 Å². The van der Waals surface area contributed by atoms with Gasteiger partial charge >= 0.3 is 53.6 Å². The van der Waals surface area contributed by atoms with Crippen molar-refractivity contribution < 1.29 is 93.6 Å². The number of ether oxygens (including phenoxy) is 3. The maximum atomic E-state index is 13.9. The van der Waals surface area contributed by atoms with Crippen LogP contribution >= 0.6 is 0 Å². The van der Waals surface area contributed by atoms with Gasteiger partial charge in [0.25, 0.3) is 0 Å². The second kappa shape index (κ2) is 10.5. The Labute approximate surface area is 216 Å². The third kappa shape index (κ3) is 5.53. The van der Waals surface area contributed by atoms with Gasteiger partial charge in [-0.15, -0.1) is 0 Å². The van der Waals surface area contributed by atoms with E-state index in [1.807, 2.05) is 0 Å². The zero-order chi connectivity index (χ0) is 32.1. The predicted octanol–water partition coefficient (Wildman–Crippen LogP) is 6.59. The Hall–Kier alpha value is -2.84. The van der Waals surface area contributed by atoms with Crippen LogP contribution in [0.4, 0.5) is 74.6 Å². The molecule has 0 aliphatic carbocycles. The van der Waals surface area contributed by atoms with Crippen molar-refractivity contribution in [3.63, 3.8) is 0 Å². The van der Waals surface area contributed by atoms with Crippen molar-refractivity contribution in [3.05, 3.63) is 12.4 Å². The zero-order valence-corrected chi connectivity index (χ0v) is 19.4. The summed E-state index contributed by atoms with van der Waals surface area (Å²) in [7, 11) is 0. The lowest BCUT2D eigenvalue weighted by Crippen LogP contribution is -2.74. The van der Waals surface area contributed by atoms with Crippen molar-refractivity contribution in [2.75, 3.05) is 19.8 Å². The van der Waals surface area contributed by atoms with Crippen molar-refractivity contribution in [1.29, 1.82) is 0 Å². The van der Waals surface area contributed by atoms with E-state index in [9.17, 15) is 79.4 Å². The fraction of sp³-hybridized carbons (Fsp3) is 0.737. The molecule has 0 N–H and O–H groups in total. The van der Waals surface area contributed by atoms with Gasteiger partial charge in [0, 0.05) is 6.42 Å². The second-order valence-corrected chi connectivity index (χ2v) is 8.29. The summed E-state index contributed by atoms with van der Waals surface area (Å²) in [5.41, 5.74) is 0. The highest BCUT2D eigenvalue weighted by molar-refractivity contribution is 5.69. The fourth-order valence-corrected chi connectivity index (χ4v) is 3.06. The van der Waals surface area contributed by atoms with E-state index < -0.39 is 73.1 Å². The molecule has 0 fully saturated rings. The summed E-state index contributed by atoms with van der Waals surface area (Å²) in [5.74, 6) is -58.4.